The van der Waals surface area contributed by atoms with Crippen LogP contribution in [0.5, 0.6) is 11.5 Å². The van der Waals surface area contributed by atoms with Gasteiger partial charge in [0.1, 0.15) is 24.2 Å². The van der Waals surface area contributed by atoms with Crippen LogP contribution in [0.15, 0.2) is 55.1 Å². The van der Waals surface area contributed by atoms with Crippen molar-refractivity contribution in [3.05, 3.63) is 60.7 Å². The number of ether oxygens (including phenoxy) is 2. The molecular weight excluding hydrogens is 332 g/mol. The molecule has 1 heterocycles. The highest BCUT2D eigenvalue weighted by molar-refractivity contribution is 5.90. The van der Waals surface area contributed by atoms with Crippen LogP contribution < -0.4 is 14.8 Å². The molecule has 1 amide bonds. The van der Waals surface area contributed by atoms with Crippen molar-refractivity contribution in [3.63, 3.8) is 0 Å². The first kappa shape index (κ1) is 17.5. The maximum atomic E-state index is 12.2. The first-order chi connectivity index (χ1) is 12.7. The zero-order chi connectivity index (χ0) is 18.4. The van der Waals surface area contributed by atoms with Crippen LogP contribution in [0.2, 0.25) is 0 Å². The van der Waals surface area contributed by atoms with E-state index in [1.165, 1.54) is 6.33 Å². The van der Waals surface area contributed by atoms with Crippen molar-refractivity contribution in [2.75, 3.05) is 19.5 Å². The second kappa shape index (κ2) is 8.15. The van der Waals surface area contributed by atoms with Crippen molar-refractivity contribution in [1.29, 1.82) is 0 Å². The molecule has 3 aromatic rings. The number of hydrogen-bond acceptors (Lipinski definition) is 5. The summed E-state index contributed by atoms with van der Waals surface area (Å²) in [5.74, 6) is 1.42. The molecule has 0 unspecified atom stereocenters. The second-order valence-corrected chi connectivity index (χ2v) is 5.61. The van der Waals surface area contributed by atoms with Crippen LogP contribution in [0, 0.1) is 0 Å². The molecule has 0 atom stereocenters. The minimum Gasteiger partial charge on any atom is -0.497 e. The number of methoxy groups -OCH3 is 2. The third-order valence-electron chi connectivity index (χ3n) is 3.94. The summed E-state index contributed by atoms with van der Waals surface area (Å²) >= 11 is 0. The zero-order valence-corrected chi connectivity index (χ0v) is 14.7. The maximum Gasteiger partial charge on any atom is 0.224 e. The van der Waals surface area contributed by atoms with E-state index >= 15 is 0 Å². The Balaban J connectivity index is 1.59. The van der Waals surface area contributed by atoms with E-state index in [1.807, 2.05) is 42.5 Å². The van der Waals surface area contributed by atoms with Crippen molar-refractivity contribution in [2.24, 2.45) is 0 Å². The first-order valence-corrected chi connectivity index (χ1v) is 8.15. The standard InChI is InChI=1S/C19H20N4O3/c1-25-17-8-9-18(26-2)14(11-17)3-10-19(24)22-15-4-6-16(7-5-15)23-13-20-12-21-23/h4-9,11-13H,3,10H2,1-2H3,(H,22,24). The van der Waals surface area contributed by atoms with Gasteiger partial charge in [0, 0.05) is 12.1 Å². The van der Waals surface area contributed by atoms with Gasteiger partial charge in [-0.1, -0.05) is 0 Å². The quantitative estimate of drug-likeness (QED) is 0.707. The summed E-state index contributed by atoms with van der Waals surface area (Å²) < 4.78 is 12.2. The predicted molar refractivity (Wildman–Crippen MR) is 97.9 cm³/mol. The summed E-state index contributed by atoms with van der Waals surface area (Å²) in [7, 11) is 3.23. The van der Waals surface area contributed by atoms with Crippen LogP contribution >= 0.6 is 0 Å². The first-order valence-electron chi connectivity index (χ1n) is 8.15. The zero-order valence-electron chi connectivity index (χ0n) is 14.7. The van der Waals surface area contributed by atoms with Gasteiger partial charge >= 0.3 is 0 Å². The van der Waals surface area contributed by atoms with Crippen LogP contribution in [-0.2, 0) is 11.2 Å². The Kier molecular flexibility index (Phi) is 5.48. The summed E-state index contributed by atoms with van der Waals surface area (Å²) in [6.07, 6.45) is 4.00. The number of rotatable bonds is 7. The van der Waals surface area contributed by atoms with Gasteiger partial charge in [-0.25, -0.2) is 9.67 Å². The average molecular weight is 352 g/mol. The highest BCUT2D eigenvalue weighted by Crippen LogP contribution is 2.25. The van der Waals surface area contributed by atoms with Crippen LogP contribution in [0.4, 0.5) is 5.69 Å². The number of amides is 1. The Hall–Kier alpha value is -3.35. The summed E-state index contributed by atoms with van der Waals surface area (Å²) in [6, 6.07) is 13.0. The third kappa shape index (κ3) is 4.18. The molecule has 1 N–H and O–H groups in total. The van der Waals surface area contributed by atoms with Crippen LogP contribution in [0.1, 0.15) is 12.0 Å². The van der Waals surface area contributed by atoms with Gasteiger partial charge in [0.25, 0.3) is 0 Å². The summed E-state index contributed by atoms with van der Waals surface area (Å²) in [4.78, 5) is 16.2. The Labute approximate surface area is 151 Å². The molecule has 0 bridgehead atoms. The minimum absolute atomic E-state index is 0.0663. The molecule has 0 saturated heterocycles. The summed E-state index contributed by atoms with van der Waals surface area (Å²) in [5.41, 5.74) is 2.54. The number of nitrogens with one attached hydrogen (secondary N) is 1. The molecule has 0 aliphatic rings. The number of aromatic nitrogens is 3. The Morgan fingerprint density at radius 1 is 1.12 bits per heavy atom. The van der Waals surface area contributed by atoms with Crippen LogP contribution in [0.3, 0.4) is 0 Å². The van der Waals surface area contributed by atoms with Crippen LogP contribution in [-0.4, -0.2) is 34.9 Å². The largest absolute Gasteiger partial charge is 0.497 e. The maximum absolute atomic E-state index is 12.2. The molecule has 0 radical (unpaired) electrons. The van der Waals surface area contributed by atoms with Crippen molar-refractivity contribution < 1.29 is 14.3 Å². The fourth-order valence-corrected chi connectivity index (χ4v) is 2.59. The lowest BCUT2D eigenvalue weighted by atomic mass is 10.1. The summed E-state index contributed by atoms with van der Waals surface area (Å²) in [5, 5.41) is 6.96. The van der Waals surface area contributed by atoms with Crippen molar-refractivity contribution in [3.8, 4) is 17.2 Å². The highest BCUT2D eigenvalue weighted by atomic mass is 16.5. The summed E-state index contributed by atoms with van der Waals surface area (Å²) in [6.45, 7) is 0. The molecule has 3 rings (SSSR count). The van der Waals surface area contributed by atoms with Crippen molar-refractivity contribution in [2.45, 2.75) is 12.8 Å². The van der Waals surface area contributed by atoms with E-state index in [2.05, 4.69) is 15.4 Å². The predicted octanol–water partition coefficient (Wildman–Crippen LogP) is 2.86. The molecular formula is C19H20N4O3. The lowest BCUT2D eigenvalue weighted by Gasteiger charge is -2.11. The Morgan fingerprint density at radius 3 is 2.58 bits per heavy atom. The topological polar surface area (TPSA) is 78.3 Å². The SMILES string of the molecule is COc1ccc(OC)c(CCC(=O)Nc2ccc(-n3cncn3)cc2)c1. The number of aryl methyl sites for hydroxylation is 1. The van der Waals surface area contributed by atoms with E-state index in [9.17, 15) is 4.79 Å². The van der Waals surface area contributed by atoms with Gasteiger partial charge in [0.15, 0.2) is 0 Å². The van der Waals surface area contributed by atoms with E-state index in [1.54, 1.807) is 25.2 Å². The molecule has 26 heavy (non-hydrogen) atoms. The molecule has 0 aliphatic heterocycles. The van der Waals surface area contributed by atoms with Gasteiger partial charge < -0.3 is 14.8 Å². The second-order valence-electron chi connectivity index (χ2n) is 5.61. The number of carbonyl (C=O) groups is 1. The minimum atomic E-state index is -0.0663. The Morgan fingerprint density at radius 2 is 1.92 bits per heavy atom. The number of anilines is 1. The molecule has 134 valence electrons. The number of carbonyl (C=O) groups excluding carboxylic acids is 1. The van der Waals surface area contributed by atoms with Gasteiger partial charge in [0.2, 0.25) is 5.91 Å². The number of nitrogens with zero attached hydrogens (tertiary/aromatic N) is 3. The number of benzene rings is 2. The molecule has 2 aromatic carbocycles. The van der Waals surface area contributed by atoms with Crippen molar-refractivity contribution >= 4 is 11.6 Å². The molecule has 7 heteroatoms. The average Bonchev–Trinajstić information content (AvgIpc) is 3.21. The highest BCUT2D eigenvalue weighted by Gasteiger charge is 2.09. The lowest BCUT2D eigenvalue weighted by Crippen LogP contribution is -2.12. The molecule has 0 fully saturated rings. The molecule has 7 nitrogen and oxygen atoms in total. The molecule has 1 aromatic heterocycles. The third-order valence-corrected chi connectivity index (χ3v) is 3.94. The van der Waals surface area contributed by atoms with E-state index in [-0.39, 0.29) is 5.91 Å². The van der Waals surface area contributed by atoms with Gasteiger partial charge in [0.05, 0.1) is 19.9 Å². The van der Waals surface area contributed by atoms with E-state index in [4.69, 9.17) is 9.47 Å². The Bertz CT molecular complexity index is 861. The van der Waals surface area contributed by atoms with E-state index < -0.39 is 0 Å². The van der Waals surface area contributed by atoms with Crippen LogP contribution in [0.25, 0.3) is 5.69 Å². The van der Waals surface area contributed by atoms with Crippen molar-refractivity contribution in [1.82, 2.24) is 14.8 Å². The van der Waals surface area contributed by atoms with E-state index in [0.717, 1.165) is 28.4 Å². The molecule has 0 aliphatic carbocycles. The fourth-order valence-electron chi connectivity index (χ4n) is 2.59. The monoisotopic (exact) mass is 352 g/mol. The van der Waals surface area contributed by atoms with E-state index in [0.29, 0.717) is 12.8 Å². The van der Waals surface area contributed by atoms with Gasteiger partial charge in [-0.3, -0.25) is 4.79 Å². The molecule has 0 spiro atoms. The smallest absolute Gasteiger partial charge is 0.224 e. The number of hydrogen-bond donors (Lipinski definition) is 1. The molecule has 0 saturated carbocycles. The lowest BCUT2D eigenvalue weighted by molar-refractivity contribution is -0.116. The fraction of sp³-hybridized carbons (Fsp3) is 0.211. The normalized spacial score (nSPS) is 10.4. The van der Waals surface area contributed by atoms with Gasteiger partial charge in [-0.2, -0.15) is 5.10 Å². The van der Waals surface area contributed by atoms with Gasteiger partial charge in [-0.15, -0.1) is 0 Å². The van der Waals surface area contributed by atoms with Gasteiger partial charge in [-0.05, 0) is 54.4 Å².